The van der Waals surface area contributed by atoms with Crippen LogP contribution in [0.4, 0.5) is 23.5 Å². The van der Waals surface area contributed by atoms with Crippen LogP contribution in [0.3, 0.4) is 0 Å². The molecule has 0 saturated heterocycles. The largest absolute Gasteiger partial charge is 0.366 e. The molecule has 2 atom stereocenters. The van der Waals surface area contributed by atoms with Crippen molar-refractivity contribution in [2.24, 2.45) is 5.92 Å². The van der Waals surface area contributed by atoms with Gasteiger partial charge in [0.05, 0.1) is 11.4 Å². The summed E-state index contributed by atoms with van der Waals surface area (Å²) in [5.74, 6) is 3.18. The number of hydrogen-bond donors (Lipinski definition) is 4. The third-order valence-electron chi connectivity index (χ3n) is 13.8. The van der Waals surface area contributed by atoms with Crippen molar-refractivity contribution in [3.63, 3.8) is 0 Å². The van der Waals surface area contributed by atoms with E-state index in [1.807, 2.05) is 12.2 Å². The molecule has 0 aliphatic heterocycles. The van der Waals surface area contributed by atoms with E-state index in [1.165, 1.54) is 54.9 Å². The van der Waals surface area contributed by atoms with Gasteiger partial charge in [-0.15, -0.1) is 0 Å². The molecule has 0 unspecified atom stereocenters. The normalized spacial score (nSPS) is 16.6. The highest BCUT2D eigenvalue weighted by molar-refractivity contribution is 5.86. The van der Waals surface area contributed by atoms with Gasteiger partial charge in [0.1, 0.15) is 11.6 Å². The van der Waals surface area contributed by atoms with Crippen LogP contribution in [0.2, 0.25) is 0 Å². The first-order valence-electron chi connectivity index (χ1n) is 24.5. The molecule has 0 bridgehead atoms. The molecule has 1 fully saturated rings. The molecule has 0 amide bonds. The van der Waals surface area contributed by atoms with Gasteiger partial charge in [-0.25, -0.2) is 9.97 Å². The maximum absolute atomic E-state index is 5.48. The Labute approximate surface area is 412 Å². The van der Waals surface area contributed by atoms with Crippen LogP contribution >= 0.6 is 0 Å². The Morgan fingerprint density at radius 1 is 0.486 bits per heavy atom. The van der Waals surface area contributed by atoms with Gasteiger partial charge in [0, 0.05) is 62.0 Å². The Bertz CT molecular complexity index is 3220. The maximum Gasteiger partial charge on any atom is 0.225 e. The fourth-order valence-corrected chi connectivity index (χ4v) is 10.3. The van der Waals surface area contributed by atoms with E-state index in [9.17, 15) is 0 Å². The smallest absolute Gasteiger partial charge is 0.225 e. The highest BCUT2D eigenvalue weighted by atomic mass is 15.2. The summed E-state index contributed by atoms with van der Waals surface area (Å²) < 4.78 is 0. The van der Waals surface area contributed by atoms with Crippen LogP contribution in [0.1, 0.15) is 87.9 Å². The molecule has 2 heterocycles. The summed E-state index contributed by atoms with van der Waals surface area (Å²) in [5.41, 5.74) is 10.4. The average Bonchev–Trinajstić information content (AvgIpc) is 3.38. The van der Waals surface area contributed by atoms with Crippen LogP contribution in [0.25, 0.3) is 27.6 Å². The standard InChI is InChI=1S/C62H60N8/c1-5-6-20-43-27-17-30-48(42(43)4)38-63-55-35-54(68-62(70-55)66-40-50-32-19-29-45-22-14-16-34-52(45)50)60-57(46-23-9-7-10-24-46)59(58(60)47-25-11-8-12-26-47)53-36-56(69-61(67-53)65-37-41(2)3)64-39-49-31-18-28-44-21-13-15-33-51(44)49/h5-36,41,57-60H,1,37-40H2,2-4H3,(H2,63,66,68,70)(H2,64,65,67,69)/b20-6-/t57-,58-,59?,60?/m1/s1. The number of rotatable bonds is 18. The average molecular weight is 917 g/mol. The van der Waals surface area contributed by atoms with E-state index in [0.29, 0.717) is 37.4 Å². The number of nitrogens with zero attached hydrogens (tertiary/aromatic N) is 4. The maximum atomic E-state index is 5.48. The zero-order valence-corrected chi connectivity index (χ0v) is 40.2. The lowest BCUT2D eigenvalue weighted by atomic mass is 9.50. The molecule has 2 aromatic heterocycles. The van der Waals surface area contributed by atoms with Crippen LogP contribution in [-0.2, 0) is 19.6 Å². The van der Waals surface area contributed by atoms with Gasteiger partial charge < -0.3 is 21.3 Å². The lowest BCUT2D eigenvalue weighted by Gasteiger charge is -2.52. The summed E-state index contributed by atoms with van der Waals surface area (Å²) in [6.07, 6.45) is 5.90. The first kappa shape index (κ1) is 45.7. The number of hydrogen-bond acceptors (Lipinski definition) is 8. The van der Waals surface area contributed by atoms with Crippen molar-refractivity contribution in [3.05, 3.63) is 245 Å². The van der Waals surface area contributed by atoms with Gasteiger partial charge in [-0.05, 0) is 73.3 Å². The zero-order chi connectivity index (χ0) is 47.8. The van der Waals surface area contributed by atoms with Crippen molar-refractivity contribution in [2.75, 3.05) is 27.8 Å². The Morgan fingerprint density at radius 3 is 1.49 bits per heavy atom. The van der Waals surface area contributed by atoms with Gasteiger partial charge in [-0.1, -0.05) is 202 Å². The van der Waals surface area contributed by atoms with Gasteiger partial charge in [-0.2, -0.15) is 9.97 Å². The minimum atomic E-state index is -0.0281. The summed E-state index contributed by atoms with van der Waals surface area (Å²) in [7, 11) is 0. The summed E-state index contributed by atoms with van der Waals surface area (Å²) in [6.45, 7) is 13.0. The Balaban J connectivity index is 1.07. The number of anilines is 4. The first-order valence-corrected chi connectivity index (χ1v) is 24.5. The molecule has 1 saturated carbocycles. The molecule has 1 aliphatic carbocycles. The first-order chi connectivity index (χ1) is 34.4. The third kappa shape index (κ3) is 10.0. The van der Waals surface area contributed by atoms with E-state index in [4.69, 9.17) is 19.9 Å². The number of nitrogens with one attached hydrogen (secondary N) is 4. The van der Waals surface area contributed by atoms with Crippen molar-refractivity contribution >= 4 is 51.2 Å². The Hall–Kier alpha value is -8.10. The van der Waals surface area contributed by atoms with Crippen molar-refractivity contribution in [1.29, 1.82) is 0 Å². The fourth-order valence-electron chi connectivity index (χ4n) is 10.3. The Morgan fingerprint density at radius 2 is 0.943 bits per heavy atom. The van der Waals surface area contributed by atoms with E-state index in [1.54, 1.807) is 0 Å². The number of allylic oxidation sites excluding steroid dienone is 2. The topological polar surface area (TPSA) is 99.7 Å². The van der Waals surface area contributed by atoms with Gasteiger partial charge in [0.2, 0.25) is 11.9 Å². The monoisotopic (exact) mass is 916 g/mol. The molecule has 0 spiro atoms. The molecule has 8 heteroatoms. The second kappa shape index (κ2) is 21.0. The van der Waals surface area contributed by atoms with Crippen LogP contribution in [0.5, 0.6) is 0 Å². The molecular formula is C62H60N8. The van der Waals surface area contributed by atoms with Crippen molar-refractivity contribution in [3.8, 4) is 0 Å². The van der Waals surface area contributed by atoms with Crippen molar-refractivity contribution < 1.29 is 0 Å². The summed E-state index contributed by atoms with van der Waals surface area (Å²) >= 11 is 0. The summed E-state index contributed by atoms with van der Waals surface area (Å²) in [4.78, 5) is 21.2. The van der Waals surface area contributed by atoms with Crippen LogP contribution in [-0.4, -0.2) is 26.5 Å². The molecular weight excluding hydrogens is 857 g/mol. The molecule has 70 heavy (non-hydrogen) atoms. The molecule has 4 N–H and O–H groups in total. The van der Waals surface area contributed by atoms with E-state index >= 15 is 0 Å². The molecule has 0 radical (unpaired) electrons. The van der Waals surface area contributed by atoms with E-state index in [-0.39, 0.29) is 23.7 Å². The molecule has 7 aromatic carbocycles. The highest BCUT2D eigenvalue weighted by Gasteiger charge is 2.54. The van der Waals surface area contributed by atoms with Crippen molar-refractivity contribution in [2.45, 2.75) is 64.1 Å². The van der Waals surface area contributed by atoms with Gasteiger partial charge in [-0.3, -0.25) is 0 Å². The van der Waals surface area contributed by atoms with E-state index in [0.717, 1.165) is 35.1 Å². The predicted octanol–water partition coefficient (Wildman–Crippen LogP) is 14.4. The SMILES string of the molecule is C=C/C=C\c1cccc(CNc2cc(C3[C@H](c4ccccc4)C(c4cc(NCc5cccc6ccccc56)nc(NCC(C)C)n4)[C@H]3c3ccccc3)nc(NCc3cccc4ccccc34)n2)c1C. The van der Waals surface area contributed by atoms with Crippen LogP contribution in [0.15, 0.2) is 195 Å². The minimum Gasteiger partial charge on any atom is -0.366 e. The van der Waals surface area contributed by atoms with Gasteiger partial charge in [0.15, 0.2) is 0 Å². The summed E-state index contributed by atoms with van der Waals surface area (Å²) in [5, 5.41) is 19.6. The number of benzene rings is 7. The highest BCUT2D eigenvalue weighted by Crippen LogP contribution is 2.66. The molecule has 8 nitrogen and oxygen atoms in total. The summed E-state index contributed by atoms with van der Waals surface area (Å²) in [6, 6.07) is 62.7. The molecule has 1 aliphatic rings. The number of aromatic nitrogens is 4. The fraction of sp³-hybridized carbons (Fsp3) is 0.194. The quantitative estimate of drug-likeness (QED) is 0.0632. The predicted molar refractivity (Wildman–Crippen MR) is 292 cm³/mol. The Kier molecular flexibility index (Phi) is 13.7. The van der Waals surface area contributed by atoms with Crippen LogP contribution in [0, 0.1) is 12.8 Å². The minimum absolute atomic E-state index is 0.0111. The second-order valence-electron chi connectivity index (χ2n) is 18.8. The lowest BCUT2D eigenvalue weighted by Crippen LogP contribution is -2.41. The number of fused-ring (bicyclic) bond motifs is 2. The zero-order valence-electron chi connectivity index (χ0n) is 40.2. The molecule has 10 rings (SSSR count). The van der Waals surface area contributed by atoms with Gasteiger partial charge >= 0.3 is 0 Å². The second-order valence-corrected chi connectivity index (χ2v) is 18.8. The molecule has 9 aromatic rings. The van der Waals surface area contributed by atoms with E-state index < -0.39 is 0 Å². The third-order valence-corrected chi connectivity index (χ3v) is 13.8. The van der Waals surface area contributed by atoms with Crippen LogP contribution < -0.4 is 21.3 Å². The van der Waals surface area contributed by atoms with Crippen molar-refractivity contribution in [1.82, 2.24) is 19.9 Å². The van der Waals surface area contributed by atoms with E-state index in [2.05, 4.69) is 231 Å². The lowest BCUT2D eigenvalue weighted by molar-refractivity contribution is 0.220. The molecule has 348 valence electrons. The van der Waals surface area contributed by atoms with Gasteiger partial charge in [0.25, 0.3) is 0 Å².